The average molecular weight is 1090 g/mol. The predicted octanol–water partition coefficient (Wildman–Crippen LogP) is 13.8. The van der Waals surface area contributed by atoms with Crippen LogP contribution >= 0.6 is 7.60 Å². The number of nitrogens with one attached hydrogen (secondary N) is 2. The number of anilines is 1. The van der Waals surface area contributed by atoms with Gasteiger partial charge in [-0.25, -0.2) is 4.98 Å². The van der Waals surface area contributed by atoms with Gasteiger partial charge >= 0.3 is 19.5 Å². The highest BCUT2D eigenvalue weighted by Crippen LogP contribution is 2.42. The topological polar surface area (TPSA) is 215 Å². The quantitative estimate of drug-likeness (QED) is 0.0276. The van der Waals surface area contributed by atoms with Gasteiger partial charge in [0.25, 0.3) is 5.91 Å². The highest BCUT2D eigenvalue weighted by Gasteiger charge is 2.25. The number of methoxy groups -OCH3 is 1. The van der Waals surface area contributed by atoms with Gasteiger partial charge in [0, 0.05) is 62.1 Å². The van der Waals surface area contributed by atoms with Crippen LogP contribution in [0.2, 0.25) is 0 Å². The van der Waals surface area contributed by atoms with E-state index in [1.54, 1.807) is 37.4 Å². The van der Waals surface area contributed by atoms with E-state index >= 15 is 0 Å². The van der Waals surface area contributed by atoms with E-state index in [0.29, 0.717) is 48.7 Å². The standard InChI is InChI=1S/C60H103N4O11P/c1-4-6-8-10-12-14-16-18-20-22-24-26-28-30-32-35-58(66)73-49-54(75-59(67)36-33-31-29-27-25-23-21-19-17-15-13-11-9-7-5-2)50-74-76(69,70)44-34-41-62-60(68)52-39-37-51(38-40-52)47-63-56(65)45-53-48-64-57(46-55(53)61)72-43-42-71-3/h37-40,46,48,54H,4-36,41-45,47,49-50H2,1-3H3,(H2,61,64)(H,62,68)(H,63,65)(H,69,70). The van der Waals surface area contributed by atoms with Gasteiger partial charge in [0.05, 0.1) is 25.8 Å². The van der Waals surface area contributed by atoms with Crippen molar-refractivity contribution in [3.05, 3.63) is 53.2 Å². The van der Waals surface area contributed by atoms with Crippen LogP contribution in [0.4, 0.5) is 5.69 Å². The first-order valence-electron chi connectivity index (χ1n) is 29.8. The minimum Gasteiger partial charge on any atom is -0.475 e. The zero-order valence-corrected chi connectivity index (χ0v) is 48.4. The number of rotatable bonds is 51. The molecule has 2 aromatic rings. The fourth-order valence-electron chi connectivity index (χ4n) is 8.89. The van der Waals surface area contributed by atoms with Crippen LogP contribution in [-0.2, 0) is 50.6 Å². The summed E-state index contributed by atoms with van der Waals surface area (Å²) in [4.78, 5) is 66.1. The molecule has 15 nitrogen and oxygen atoms in total. The van der Waals surface area contributed by atoms with Crippen LogP contribution in [0.1, 0.15) is 247 Å². The van der Waals surface area contributed by atoms with Gasteiger partial charge in [0.1, 0.15) is 13.2 Å². The summed E-state index contributed by atoms with van der Waals surface area (Å²) in [5.74, 6) is -1.12. The summed E-state index contributed by atoms with van der Waals surface area (Å²) in [6.45, 7) is 4.92. The van der Waals surface area contributed by atoms with Crippen LogP contribution in [0.5, 0.6) is 5.88 Å². The normalized spacial score (nSPS) is 12.5. The van der Waals surface area contributed by atoms with E-state index in [2.05, 4.69) is 29.5 Å². The number of benzene rings is 1. The third-order valence-electron chi connectivity index (χ3n) is 13.7. The molecule has 0 saturated heterocycles. The molecule has 2 atom stereocenters. The first-order chi connectivity index (χ1) is 37.0. The van der Waals surface area contributed by atoms with Crippen LogP contribution in [0, 0.1) is 0 Å². The molecule has 1 aromatic heterocycles. The number of unbranched alkanes of at least 4 members (excludes halogenated alkanes) is 28. The summed E-state index contributed by atoms with van der Waals surface area (Å²) < 4.78 is 40.1. The fourth-order valence-corrected chi connectivity index (χ4v) is 9.98. The Balaban J connectivity index is 1.73. The Kier molecular flexibility index (Phi) is 41.1. The molecule has 1 heterocycles. The molecule has 76 heavy (non-hydrogen) atoms. The lowest BCUT2D eigenvalue weighted by Gasteiger charge is -2.20. The van der Waals surface area contributed by atoms with E-state index in [1.165, 1.54) is 147 Å². The number of nitrogen functional groups attached to an aromatic ring is 1. The van der Waals surface area contributed by atoms with Gasteiger partial charge in [0.15, 0.2) is 6.10 Å². The van der Waals surface area contributed by atoms with Gasteiger partial charge in [-0.05, 0) is 37.0 Å². The molecule has 2 amide bonds. The number of amides is 2. The second-order valence-corrected chi connectivity index (χ2v) is 22.7. The number of nitrogens with zero attached hydrogens (tertiary/aromatic N) is 1. The minimum atomic E-state index is -4.16. The van der Waals surface area contributed by atoms with E-state index in [4.69, 9.17) is 29.2 Å². The Morgan fingerprint density at radius 3 is 1.61 bits per heavy atom. The van der Waals surface area contributed by atoms with Crippen molar-refractivity contribution in [2.24, 2.45) is 0 Å². The molecule has 434 valence electrons. The molecule has 5 N–H and O–H groups in total. The first kappa shape index (κ1) is 68.1. The molecule has 0 bridgehead atoms. The monoisotopic (exact) mass is 1090 g/mol. The smallest absolute Gasteiger partial charge is 0.328 e. The van der Waals surface area contributed by atoms with Crippen molar-refractivity contribution < 1.29 is 52.1 Å². The SMILES string of the molecule is CCCCCCCCCCCCCCCCCC(=O)OCC(COP(=O)(O)CCCNC(=O)c1ccc(CNC(=O)Cc2cnc(OCCOC)cc2N)cc1)OC(=O)CCCCCCCCCCCCCCCCC. The maximum atomic E-state index is 13.1. The van der Waals surface area contributed by atoms with Crippen molar-refractivity contribution in [1.82, 2.24) is 15.6 Å². The summed E-state index contributed by atoms with van der Waals surface area (Å²) in [6.07, 6.45) is 37.6. The summed E-state index contributed by atoms with van der Waals surface area (Å²) in [5, 5.41) is 5.61. The molecule has 2 unspecified atom stereocenters. The number of carbonyl (C=O) groups excluding carboxylic acids is 4. The second-order valence-electron chi connectivity index (χ2n) is 20.7. The van der Waals surface area contributed by atoms with Crippen molar-refractivity contribution in [1.29, 1.82) is 0 Å². The molecule has 0 aliphatic carbocycles. The lowest BCUT2D eigenvalue weighted by atomic mass is 10.0. The Morgan fingerprint density at radius 1 is 0.632 bits per heavy atom. The molecule has 0 fully saturated rings. The second kappa shape index (κ2) is 45.9. The largest absolute Gasteiger partial charge is 0.475 e. The molecule has 0 aliphatic heterocycles. The van der Waals surface area contributed by atoms with Crippen molar-refractivity contribution in [2.75, 3.05) is 52.0 Å². The highest BCUT2D eigenvalue weighted by atomic mass is 31.2. The number of hydrogen-bond acceptors (Lipinski definition) is 12. The van der Waals surface area contributed by atoms with Crippen LogP contribution in [0.25, 0.3) is 0 Å². The van der Waals surface area contributed by atoms with Crippen molar-refractivity contribution in [3.63, 3.8) is 0 Å². The predicted molar refractivity (Wildman–Crippen MR) is 306 cm³/mol. The summed E-state index contributed by atoms with van der Waals surface area (Å²) in [5.41, 5.74) is 8.22. The number of ether oxygens (including phenoxy) is 4. The molecule has 16 heteroatoms. The van der Waals surface area contributed by atoms with Crippen LogP contribution in [0.15, 0.2) is 36.5 Å². The Labute approximate surface area is 459 Å². The van der Waals surface area contributed by atoms with Gasteiger partial charge in [0.2, 0.25) is 11.8 Å². The van der Waals surface area contributed by atoms with Gasteiger partial charge in [-0.15, -0.1) is 0 Å². The minimum absolute atomic E-state index is 0.0339. The highest BCUT2D eigenvalue weighted by molar-refractivity contribution is 7.52. The molecule has 1 aromatic carbocycles. The average Bonchev–Trinajstić information content (AvgIpc) is 3.41. The Morgan fingerprint density at radius 2 is 1.12 bits per heavy atom. The molecular formula is C60H103N4O11P. The first-order valence-corrected chi connectivity index (χ1v) is 31.5. The molecular weight excluding hydrogens is 984 g/mol. The van der Waals surface area contributed by atoms with Gasteiger partial charge < -0.3 is 44.7 Å². The number of carbonyl (C=O) groups is 4. The molecule has 2 rings (SSSR count). The Bertz CT molecular complexity index is 1850. The number of esters is 2. The van der Waals surface area contributed by atoms with E-state index in [-0.39, 0.29) is 63.4 Å². The third kappa shape index (κ3) is 37.7. The fraction of sp³-hybridized carbons (Fsp3) is 0.750. The lowest BCUT2D eigenvalue weighted by Crippen LogP contribution is -2.29. The molecule has 0 aliphatic rings. The number of nitrogens with two attached hydrogens (primary N) is 1. The van der Waals surface area contributed by atoms with Gasteiger partial charge in [-0.2, -0.15) is 0 Å². The summed E-state index contributed by atoms with van der Waals surface area (Å²) in [6, 6.07) is 8.30. The number of pyridine rings is 1. The van der Waals surface area contributed by atoms with E-state index < -0.39 is 32.2 Å². The van der Waals surface area contributed by atoms with E-state index in [0.717, 1.165) is 44.1 Å². The van der Waals surface area contributed by atoms with Gasteiger partial charge in [-0.1, -0.05) is 206 Å². The zero-order valence-electron chi connectivity index (χ0n) is 47.5. The van der Waals surface area contributed by atoms with Crippen LogP contribution < -0.4 is 21.1 Å². The number of aromatic nitrogens is 1. The summed E-state index contributed by atoms with van der Waals surface area (Å²) >= 11 is 0. The number of hydrogen-bond donors (Lipinski definition) is 4. The van der Waals surface area contributed by atoms with Crippen molar-refractivity contribution in [3.8, 4) is 5.88 Å². The molecule has 0 radical (unpaired) electrons. The maximum Gasteiger partial charge on any atom is 0.328 e. The zero-order chi connectivity index (χ0) is 55.2. The maximum absolute atomic E-state index is 13.1. The van der Waals surface area contributed by atoms with Crippen LogP contribution in [-0.4, -0.2) is 86.0 Å². The van der Waals surface area contributed by atoms with Crippen LogP contribution in [0.3, 0.4) is 0 Å². The summed E-state index contributed by atoms with van der Waals surface area (Å²) in [7, 11) is -2.59. The molecule has 0 saturated carbocycles. The van der Waals surface area contributed by atoms with Gasteiger partial charge in [-0.3, -0.25) is 23.7 Å². The van der Waals surface area contributed by atoms with Crippen molar-refractivity contribution in [2.45, 2.75) is 245 Å². The Hall–Kier alpha value is -4.04. The van der Waals surface area contributed by atoms with E-state index in [1.807, 2.05) is 0 Å². The lowest BCUT2D eigenvalue weighted by molar-refractivity contribution is -0.161. The van der Waals surface area contributed by atoms with Crippen molar-refractivity contribution >= 4 is 37.0 Å². The third-order valence-corrected chi connectivity index (χ3v) is 15.1. The molecule has 0 spiro atoms. The van der Waals surface area contributed by atoms with E-state index in [9.17, 15) is 28.6 Å².